The minimum absolute atomic E-state index is 0.0348. The zero-order chi connectivity index (χ0) is 13.3. The maximum Gasteiger partial charge on any atom is 0.337 e. The van der Waals surface area contributed by atoms with E-state index in [9.17, 15) is 19.1 Å². The third kappa shape index (κ3) is 2.08. The first-order valence-corrected chi connectivity index (χ1v) is 4.94. The van der Waals surface area contributed by atoms with Crippen molar-refractivity contribution in [2.75, 3.05) is 0 Å². The van der Waals surface area contributed by atoms with Crippen LogP contribution in [0.1, 0.15) is 10.4 Å². The summed E-state index contributed by atoms with van der Waals surface area (Å²) in [6.07, 6.45) is 1.05. The third-order valence-corrected chi connectivity index (χ3v) is 2.40. The fraction of sp³-hybridized carbons (Fsp3) is 0. The molecule has 0 atom stereocenters. The molecule has 18 heavy (non-hydrogen) atoms. The summed E-state index contributed by atoms with van der Waals surface area (Å²) in [7, 11) is 0. The molecule has 0 spiro atoms. The summed E-state index contributed by atoms with van der Waals surface area (Å²) in [5.41, 5.74) is -0.664. The van der Waals surface area contributed by atoms with Crippen LogP contribution in [0.5, 0.6) is 5.75 Å². The SMILES string of the molecule is O=C(O)c1c[nH]c(=O)c(-c2ccc(F)cc2O)c1. The zero-order valence-corrected chi connectivity index (χ0v) is 8.98. The number of phenols is 1. The number of carbonyl (C=O) groups is 1. The summed E-state index contributed by atoms with van der Waals surface area (Å²) in [5.74, 6) is -2.29. The van der Waals surface area contributed by atoms with Crippen LogP contribution >= 0.6 is 0 Å². The number of benzene rings is 1. The van der Waals surface area contributed by atoms with Crippen LogP contribution in [0.4, 0.5) is 4.39 Å². The van der Waals surface area contributed by atoms with Crippen LogP contribution in [-0.4, -0.2) is 21.2 Å². The van der Waals surface area contributed by atoms with Crippen molar-refractivity contribution in [2.45, 2.75) is 0 Å². The molecular formula is C12H8FNO4. The molecule has 0 unspecified atom stereocenters. The molecule has 1 aromatic carbocycles. The Morgan fingerprint density at radius 2 is 1.94 bits per heavy atom. The number of phenolic OH excluding ortho intramolecular Hbond substituents is 1. The quantitative estimate of drug-likeness (QED) is 0.753. The molecule has 0 aliphatic carbocycles. The smallest absolute Gasteiger partial charge is 0.337 e. The van der Waals surface area contributed by atoms with Gasteiger partial charge in [0, 0.05) is 17.8 Å². The highest BCUT2D eigenvalue weighted by atomic mass is 19.1. The second-order valence-corrected chi connectivity index (χ2v) is 3.60. The molecule has 1 aromatic heterocycles. The van der Waals surface area contributed by atoms with Gasteiger partial charge in [-0.3, -0.25) is 4.79 Å². The lowest BCUT2D eigenvalue weighted by atomic mass is 10.0. The van der Waals surface area contributed by atoms with Gasteiger partial charge in [0.15, 0.2) is 0 Å². The molecule has 92 valence electrons. The summed E-state index contributed by atoms with van der Waals surface area (Å²) in [6.45, 7) is 0. The van der Waals surface area contributed by atoms with Gasteiger partial charge in [0.05, 0.1) is 11.1 Å². The maximum absolute atomic E-state index is 12.8. The summed E-state index contributed by atoms with van der Waals surface area (Å²) in [6, 6.07) is 4.25. The highest BCUT2D eigenvalue weighted by Gasteiger charge is 2.12. The highest BCUT2D eigenvalue weighted by Crippen LogP contribution is 2.27. The van der Waals surface area contributed by atoms with Crippen LogP contribution in [0.15, 0.2) is 35.3 Å². The highest BCUT2D eigenvalue weighted by molar-refractivity contribution is 5.89. The molecule has 0 amide bonds. The van der Waals surface area contributed by atoms with Crippen molar-refractivity contribution in [1.29, 1.82) is 0 Å². The van der Waals surface area contributed by atoms with Gasteiger partial charge in [-0.15, -0.1) is 0 Å². The fourth-order valence-electron chi connectivity index (χ4n) is 1.54. The van der Waals surface area contributed by atoms with Crippen LogP contribution in [0, 0.1) is 5.82 Å². The van der Waals surface area contributed by atoms with Crippen molar-refractivity contribution in [3.63, 3.8) is 0 Å². The number of aromatic nitrogens is 1. The number of rotatable bonds is 2. The van der Waals surface area contributed by atoms with Crippen LogP contribution in [0.2, 0.25) is 0 Å². The summed E-state index contributed by atoms with van der Waals surface area (Å²) in [4.78, 5) is 24.6. The topological polar surface area (TPSA) is 90.4 Å². The number of halogens is 1. The van der Waals surface area contributed by atoms with Crippen molar-refractivity contribution in [3.8, 4) is 16.9 Å². The standard InChI is InChI=1S/C12H8FNO4/c13-7-1-2-8(10(15)4-7)9-3-6(12(17)18)5-14-11(9)16/h1-5,15H,(H,14,16)(H,17,18). The van der Waals surface area contributed by atoms with Gasteiger partial charge in [-0.05, 0) is 18.2 Å². The zero-order valence-electron chi connectivity index (χ0n) is 8.98. The molecular weight excluding hydrogens is 241 g/mol. The molecule has 0 aliphatic rings. The lowest BCUT2D eigenvalue weighted by Gasteiger charge is -2.04. The Morgan fingerprint density at radius 1 is 1.22 bits per heavy atom. The Morgan fingerprint density at radius 3 is 2.56 bits per heavy atom. The summed E-state index contributed by atoms with van der Waals surface area (Å²) >= 11 is 0. The normalized spacial score (nSPS) is 10.3. The van der Waals surface area contributed by atoms with E-state index in [0.29, 0.717) is 0 Å². The molecule has 2 aromatic rings. The largest absolute Gasteiger partial charge is 0.507 e. The number of hydrogen-bond acceptors (Lipinski definition) is 3. The van der Waals surface area contributed by atoms with Crippen LogP contribution in [0.3, 0.4) is 0 Å². The summed E-state index contributed by atoms with van der Waals surface area (Å²) in [5, 5.41) is 18.4. The first kappa shape index (κ1) is 11.8. The maximum atomic E-state index is 12.8. The number of carboxylic acid groups (broad SMARTS) is 1. The first-order valence-electron chi connectivity index (χ1n) is 4.94. The molecule has 0 aliphatic heterocycles. The van der Waals surface area contributed by atoms with Gasteiger partial charge in [-0.2, -0.15) is 0 Å². The number of H-pyrrole nitrogens is 1. The Labute approximate surface area is 100 Å². The third-order valence-electron chi connectivity index (χ3n) is 2.40. The van der Waals surface area contributed by atoms with Gasteiger partial charge in [-0.25, -0.2) is 9.18 Å². The Kier molecular flexibility index (Phi) is 2.85. The van der Waals surface area contributed by atoms with E-state index in [4.69, 9.17) is 5.11 Å². The minimum atomic E-state index is -1.21. The van der Waals surface area contributed by atoms with Gasteiger partial charge < -0.3 is 15.2 Å². The number of pyridine rings is 1. The molecule has 0 saturated carbocycles. The van der Waals surface area contributed by atoms with Crippen molar-refractivity contribution in [3.05, 3.63) is 52.2 Å². The molecule has 1 heterocycles. The van der Waals surface area contributed by atoms with Gasteiger partial charge >= 0.3 is 5.97 Å². The molecule has 2 rings (SSSR count). The second-order valence-electron chi connectivity index (χ2n) is 3.60. The molecule has 6 heteroatoms. The van der Waals surface area contributed by atoms with Crippen LogP contribution in [0.25, 0.3) is 11.1 Å². The van der Waals surface area contributed by atoms with Crippen LogP contribution in [-0.2, 0) is 0 Å². The van der Waals surface area contributed by atoms with Crippen LogP contribution < -0.4 is 5.56 Å². The van der Waals surface area contributed by atoms with E-state index in [-0.39, 0.29) is 16.7 Å². The van der Waals surface area contributed by atoms with Gasteiger partial charge in [0.1, 0.15) is 11.6 Å². The molecule has 5 nitrogen and oxygen atoms in total. The fourth-order valence-corrected chi connectivity index (χ4v) is 1.54. The number of nitrogens with one attached hydrogen (secondary N) is 1. The van der Waals surface area contributed by atoms with Crippen molar-refractivity contribution in [2.24, 2.45) is 0 Å². The predicted octanol–water partition coefficient (Wildman–Crippen LogP) is 1.58. The van der Waals surface area contributed by atoms with E-state index < -0.39 is 23.1 Å². The van der Waals surface area contributed by atoms with E-state index in [2.05, 4.69) is 4.98 Å². The lowest BCUT2D eigenvalue weighted by Crippen LogP contribution is -2.11. The summed E-state index contributed by atoms with van der Waals surface area (Å²) < 4.78 is 12.8. The van der Waals surface area contributed by atoms with E-state index in [0.717, 1.165) is 24.4 Å². The number of aromatic amines is 1. The van der Waals surface area contributed by atoms with Crippen molar-refractivity contribution in [1.82, 2.24) is 4.98 Å². The molecule has 0 fully saturated rings. The molecule has 0 radical (unpaired) electrons. The average Bonchev–Trinajstić information content (AvgIpc) is 2.30. The van der Waals surface area contributed by atoms with E-state index in [1.807, 2.05) is 0 Å². The molecule has 3 N–H and O–H groups in total. The Bertz CT molecular complexity index is 678. The van der Waals surface area contributed by atoms with Crippen molar-refractivity contribution < 1.29 is 19.4 Å². The van der Waals surface area contributed by atoms with E-state index in [1.54, 1.807) is 0 Å². The molecule has 0 bridgehead atoms. The van der Waals surface area contributed by atoms with E-state index in [1.165, 1.54) is 6.07 Å². The average molecular weight is 249 g/mol. The van der Waals surface area contributed by atoms with Gasteiger partial charge in [0.2, 0.25) is 0 Å². The predicted molar refractivity (Wildman–Crippen MR) is 61.1 cm³/mol. The minimum Gasteiger partial charge on any atom is -0.507 e. The Balaban J connectivity index is 2.66. The molecule has 0 saturated heterocycles. The monoisotopic (exact) mass is 249 g/mol. The number of carboxylic acids is 1. The van der Waals surface area contributed by atoms with Crippen molar-refractivity contribution >= 4 is 5.97 Å². The number of aromatic hydroxyl groups is 1. The van der Waals surface area contributed by atoms with Gasteiger partial charge in [-0.1, -0.05) is 0 Å². The first-order chi connectivity index (χ1) is 8.49. The van der Waals surface area contributed by atoms with E-state index >= 15 is 0 Å². The van der Waals surface area contributed by atoms with Gasteiger partial charge in [0.25, 0.3) is 5.56 Å². The number of hydrogen-bond donors (Lipinski definition) is 3. The number of aromatic carboxylic acids is 1. The lowest BCUT2D eigenvalue weighted by molar-refractivity contribution is 0.0696. The Hall–Kier alpha value is -2.63. The second kappa shape index (κ2) is 4.33.